The molecule has 1 fully saturated rings. The SMILES string of the molecule is CCNC(C1CCCC(S(C)(=O)=O)C1)C(CC)OCC. The van der Waals surface area contributed by atoms with E-state index in [4.69, 9.17) is 4.74 Å². The average Bonchev–Trinajstić information content (AvgIpc) is 2.42. The Kier molecular flexibility index (Phi) is 7.48. The molecule has 4 unspecified atom stereocenters. The zero-order valence-corrected chi connectivity index (χ0v) is 14.2. The third-order valence-corrected chi connectivity index (χ3v) is 6.04. The van der Waals surface area contributed by atoms with Crippen LogP contribution in [0, 0.1) is 5.92 Å². The van der Waals surface area contributed by atoms with Crippen LogP contribution in [0.2, 0.25) is 0 Å². The number of hydrogen-bond acceptors (Lipinski definition) is 4. The number of sulfone groups is 1. The van der Waals surface area contributed by atoms with E-state index in [9.17, 15) is 8.42 Å². The second-order valence-corrected chi connectivity index (χ2v) is 8.19. The Morgan fingerprint density at radius 2 is 1.95 bits per heavy atom. The zero-order valence-electron chi connectivity index (χ0n) is 13.4. The minimum Gasteiger partial charge on any atom is -0.377 e. The van der Waals surface area contributed by atoms with Gasteiger partial charge in [0.15, 0.2) is 0 Å². The standard InChI is InChI=1S/C15H31NO3S/c1-5-14(19-7-3)15(16-6-2)12-9-8-10-13(11-12)20(4,17)18/h12-16H,5-11H2,1-4H3. The Labute approximate surface area is 124 Å². The molecule has 0 amide bonds. The van der Waals surface area contributed by atoms with Crippen LogP contribution in [0.15, 0.2) is 0 Å². The first-order chi connectivity index (χ1) is 9.43. The molecule has 4 nitrogen and oxygen atoms in total. The fourth-order valence-electron chi connectivity index (χ4n) is 3.42. The van der Waals surface area contributed by atoms with E-state index >= 15 is 0 Å². The van der Waals surface area contributed by atoms with Gasteiger partial charge < -0.3 is 10.1 Å². The summed E-state index contributed by atoms with van der Waals surface area (Å²) in [4.78, 5) is 0. The van der Waals surface area contributed by atoms with Crippen molar-refractivity contribution in [2.75, 3.05) is 19.4 Å². The van der Waals surface area contributed by atoms with Crippen LogP contribution in [0.25, 0.3) is 0 Å². The van der Waals surface area contributed by atoms with Gasteiger partial charge in [-0.15, -0.1) is 0 Å². The topological polar surface area (TPSA) is 55.4 Å². The first kappa shape index (κ1) is 17.9. The van der Waals surface area contributed by atoms with Crippen molar-refractivity contribution in [3.63, 3.8) is 0 Å². The highest BCUT2D eigenvalue weighted by molar-refractivity contribution is 7.91. The lowest BCUT2D eigenvalue weighted by molar-refractivity contribution is 0.0100. The predicted octanol–water partition coefficient (Wildman–Crippen LogP) is 2.38. The van der Waals surface area contributed by atoms with Gasteiger partial charge in [-0.25, -0.2) is 8.42 Å². The quantitative estimate of drug-likeness (QED) is 0.748. The molecule has 0 aromatic heterocycles. The summed E-state index contributed by atoms with van der Waals surface area (Å²) in [5.74, 6) is 0.403. The number of ether oxygens (including phenoxy) is 1. The molecule has 1 rings (SSSR count). The molecule has 0 spiro atoms. The van der Waals surface area contributed by atoms with Gasteiger partial charge in [0.1, 0.15) is 9.84 Å². The van der Waals surface area contributed by atoms with Gasteiger partial charge in [0, 0.05) is 18.9 Å². The van der Waals surface area contributed by atoms with E-state index in [2.05, 4.69) is 19.2 Å². The molecular formula is C15H31NO3S. The van der Waals surface area contributed by atoms with Gasteiger partial charge in [0.2, 0.25) is 0 Å². The maximum Gasteiger partial charge on any atom is 0.150 e. The minimum absolute atomic E-state index is 0.165. The third kappa shape index (κ3) is 5.01. The minimum atomic E-state index is -2.92. The summed E-state index contributed by atoms with van der Waals surface area (Å²) in [5.41, 5.74) is 0. The van der Waals surface area contributed by atoms with Crippen molar-refractivity contribution in [2.45, 2.75) is 70.3 Å². The molecule has 1 aliphatic carbocycles. The van der Waals surface area contributed by atoms with E-state index in [1.165, 1.54) is 6.26 Å². The molecule has 5 heteroatoms. The Bertz CT molecular complexity index is 369. The lowest BCUT2D eigenvalue weighted by Gasteiger charge is -2.38. The number of rotatable bonds is 8. The second-order valence-electron chi connectivity index (χ2n) is 5.86. The molecule has 1 aliphatic rings. The summed E-state index contributed by atoms with van der Waals surface area (Å²) in [7, 11) is -2.92. The van der Waals surface area contributed by atoms with Crippen molar-refractivity contribution in [3.05, 3.63) is 0 Å². The van der Waals surface area contributed by atoms with Crippen molar-refractivity contribution in [1.82, 2.24) is 5.32 Å². The Balaban J connectivity index is 2.79. The highest BCUT2D eigenvalue weighted by Gasteiger charge is 2.35. The molecule has 20 heavy (non-hydrogen) atoms. The fourth-order valence-corrected chi connectivity index (χ4v) is 4.61. The monoisotopic (exact) mass is 305 g/mol. The molecule has 0 aromatic carbocycles. The van der Waals surface area contributed by atoms with Gasteiger partial charge in [-0.2, -0.15) is 0 Å². The zero-order chi connectivity index (χ0) is 15.2. The largest absolute Gasteiger partial charge is 0.377 e. The van der Waals surface area contributed by atoms with Crippen molar-refractivity contribution in [1.29, 1.82) is 0 Å². The molecule has 1 N–H and O–H groups in total. The van der Waals surface area contributed by atoms with Crippen molar-refractivity contribution >= 4 is 9.84 Å². The molecule has 0 aliphatic heterocycles. The van der Waals surface area contributed by atoms with Crippen LogP contribution in [0.5, 0.6) is 0 Å². The fraction of sp³-hybridized carbons (Fsp3) is 1.00. The normalized spacial score (nSPS) is 27.2. The Morgan fingerprint density at radius 3 is 2.45 bits per heavy atom. The van der Waals surface area contributed by atoms with Crippen LogP contribution in [0.3, 0.4) is 0 Å². The first-order valence-electron chi connectivity index (χ1n) is 7.97. The van der Waals surface area contributed by atoms with Gasteiger partial charge in [0.25, 0.3) is 0 Å². The number of nitrogens with one attached hydrogen (secondary N) is 1. The molecule has 0 saturated heterocycles. The molecule has 4 atom stereocenters. The van der Waals surface area contributed by atoms with Crippen LogP contribution in [0.4, 0.5) is 0 Å². The summed E-state index contributed by atoms with van der Waals surface area (Å²) >= 11 is 0. The van der Waals surface area contributed by atoms with Crippen LogP contribution in [0.1, 0.15) is 52.9 Å². The Morgan fingerprint density at radius 1 is 1.25 bits per heavy atom. The lowest BCUT2D eigenvalue weighted by Crippen LogP contribution is -2.49. The van der Waals surface area contributed by atoms with Gasteiger partial charge in [-0.3, -0.25) is 0 Å². The maximum atomic E-state index is 11.8. The van der Waals surface area contributed by atoms with Gasteiger partial charge in [-0.05, 0) is 45.1 Å². The van der Waals surface area contributed by atoms with Gasteiger partial charge >= 0.3 is 0 Å². The van der Waals surface area contributed by atoms with Crippen LogP contribution >= 0.6 is 0 Å². The summed E-state index contributed by atoms with van der Waals surface area (Å²) in [5, 5.41) is 3.38. The predicted molar refractivity (Wildman–Crippen MR) is 83.8 cm³/mol. The van der Waals surface area contributed by atoms with Crippen LogP contribution < -0.4 is 5.32 Å². The van der Waals surface area contributed by atoms with Gasteiger partial charge in [0.05, 0.1) is 11.4 Å². The van der Waals surface area contributed by atoms with E-state index in [-0.39, 0.29) is 17.4 Å². The summed E-state index contributed by atoms with van der Waals surface area (Å²) in [6, 6.07) is 0.273. The Hall–Kier alpha value is -0.130. The first-order valence-corrected chi connectivity index (χ1v) is 9.93. The van der Waals surface area contributed by atoms with Crippen molar-refractivity contribution < 1.29 is 13.2 Å². The second kappa shape index (κ2) is 8.35. The highest BCUT2D eigenvalue weighted by atomic mass is 32.2. The summed E-state index contributed by atoms with van der Waals surface area (Å²) in [6.45, 7) is 7.87. The van der Waals surface area contributed by atoms with Crippen molar-refractivity contribution in [3.8, 4) is 0 Å². The smallest absolute Gasteiger partial charge is 0.150 e. The molecule has 0 radical (unpaired) electrons. The van der Waals surface area contributed by atoms with Crippen molar-refractivity contribution in [2.24, 2.45) is 5.92 Å². The molecular weight excluding hydrogens is 274 g/mol. The van der Waals surface area contributed by atoms with E-state index in [1.807, 2.05) is 6.92 Å². The number of likely N-dealkylation sites (N-methyl/N-ethyl adjacent to an activating group) is 1. The lowest BCUT2D eigenvalue weighted by atomic mass is 9.81. The molecule has 0 aromatic rings. The van der Waals surface area contributed by atoms with E-state index in [0.29, 0.717) is 12.5 Å². The van der Waals surface area contributed by atoms with E-state index in [0.717, 1.165) is 38.6 Å². The van der Waals surface area contributed by atoms with Crippen LogP contribution in [-0.2, 0) is 14.6 Å². The van der Waals surface area contributed by atoms with E-state index in [1.54, 1.807) is 0 Å². The van der Waals surface area contributed by atoms with Gasteiger partial charge in [-0.1, -0.05) is 20.3 Å². The molecule has 1 saturated carbocycles. The molecule has 120 valence electrons. The summed E-state index contributed by atoms with van der Waals surface area (Å²) < 4.78 is 29.5. The third-order valence-electron chi connectivity index (χ3n) is 4.40. The van der Waals surface area contributed by atoms with Crippen LogP contribution in [-0.4, -0.2) is 45.2 Å². The molecule has 0 heterocycles. The molecule has 0 bridgehead atoms. The maximum absolute atomic E-state index is 11.8. The average molecular weight is 305 g/mol. The van der Waals surface area contributed by atoms with E-state index < -0.39 is 9.84 Å². The number of hydrogen-bond donors (Lipinski definition) is 1. The summed E-state index contributed by atoms with van der Waals surface area (Å²) in [6.07, 6.45) is 6.23. The highest BCUT2D eigenvalue weighted by Crippen LogP contribution is 2.32.